The van der Waals surface area contributed by atoms with Crippen LogP contribution in [0.4, 0.5) is 0 Å². The second-order valence-electron chi connectivity index (χ2n) is 2.74. The van der Waals surface area contributed by atoms with Crippen LogP contribution in [0.2, 0.25) is 0 Å². The van der Waals surface area contributed by atoms with Crippen LogP contribution in [0.1, 0.15) is 19.8 Å². The van der Waals surface area contributed by atoms with Crippen molar-refractivity contribution < 1.29 is 0 Å². The van der Waals surface area contributed by atoms with Gasteiger partial charge >= 0.3 is 0 Å². The molecule has 1 aliphatic rings. The lowest BCUT2D eigenvalue weighted by Crippen LogP contribution is -2.31. The van der Waals surface area contributed by atoms with Crippen molar-refractivity contribution in [2.24, 2.45) is 0 Å². The minimum atomic E-state index is 0. The smallest absolute Gasteiger partial charge is 0.0375 e. The standard InChI is InChI=1S/C8H16N2.BrH/c1-3-4-7-10-8-5-6-9(10)2;/h5,8H,3-4,6-7H2,1-2H3;1H. The number of likely N-dealkylation sites (N-methyl/N-ethyl adjacent to an activating group) is 1. The molecular formula is C8H17BrN2. The van der Waals surface area contributed by atoms with Gasteiger partial charge in [-0.15, -0.1) is 17.0 Å². The number of hydrogen-bond acceptors (Lipinski definition) is 2. The zero-order valence-electron chi connectivity index (χ0n) is 7.29. The predicted molar refractivity (Wildman–Crippen MR) is 53.7 cm³/mol. The van der Waals surface area contributed by atoms with Gasteiger partial charge in [-0.2, -0.15) is 0 Å². The van der Waals surface area contributed by atoms with Gasteiger partial charge in [-0.05, 0) is 6.42 Å². The van der Waals surface area contributed by atoms with Gasteiger partial charge in [-0.1, -0.05) is 19.4 Å². The van der Waals surface area contributed by atoms with Crippen molar-refractivity contribution in [1.29, 1.82) is 0 Å². The Bertz CT molecular complexity index is 125. The highest BCUT2D eigenvalue weighted by atomic mass is 79.9. The van der Waals surface area contributed by atoms with E-state index in [2.05, 4.69) is 36.3 Å². The molecule has 1 aliphatic heterocycles. The molecule has 1 heterocycles. The van der Waals surface area contributed by atoms with Gasteiger partial charge < -0.3 is 5.01 Å². The molecule has 66 valence electrons. The van der Waals surface area contributed by atoms with Crippen molar-refractivity contribution in [3.8, 4) is 0 Å². The predicted octanol–water partition coefficient (Wildman–Crippen LogP) is 2.04. The Morgan fingerprint density at radius 3 is 2.64 bits per heavy atom. The first-order chi connectivity index (χ1) is 4.84. The molecule has 0 spiro atoms. The van der Waals surface area contributed by atoms with Gasteiger partial charge in [0.05, 0.1) is 0 Å². The number of hydrogen-bond donors (Lipinski definition) is 0. The molecule has 0 saturated carbocycles. The van der Waals surface area contributed by atoms with Gasteiger partial charge in [-0.25, -0.2) is 5.01 Å². The van der Waals surface area contributed by atoms with E-state index in [1.807, 2.05) is 0 Å². The molecule has 0 amide bonds. The summed E-state index contributed by atoms with van der Waals surface area (Å²) in [5.74, 6) is 0. The number of nitrogens with zero attached hydrogens (tertiary/aromatic N) is 2. The maximum Gasteiger partial charge on any atom is 0.0375 e. The number of hydrazine groups is 1. The zero-order valence-corrected chi connectivity index (χ0v) is 9.00. The molecular weight excluding hydrogens is 204 g/mol. The molecule has 0 bridgehead atoms. The first-order valence-electron chi connectivity index (χ1n) is 3.99. The van der Waals surface area contributed by atoms with E-state index in [1.54, 1.807) is 0 Å². The maximum absolute atomic E-state index is 2.27. The Balaban J connectivity index is 0.000001000. The van der Waals surface area contributed by atoms with Crippen LogP contribution >= 0.6 is 17.0 Å². The average Bonchev–Trinajstić information content (AvgIpc) is 2.31. The van der Waals surface area contributed by atoms with E-state index in [1.165, 1.54) is 19.4 Å². The lowest BCUT2D eigenvalue weighted by Gasteiger charge is -2.24. The molecule has 11 heavy (non-hydrogen) atoms. The second kappa shape index (κ2) is 5.61. The Morgan fingerprint density at radius 1 is 1.45 bits per heavy atom. The quantitative estimate of drug-likeness (QED) is 0.719. The highest BCUT2D eigenvalue weighted by molar-refractivity contribution is 8.93. The van der Waals surface area contributed by atoms with Crippen molar-refractivity contribution in [3.05, 3.63) is 12.3 Å². The summed E-state index contributed by atoms with van der Waals surface area (Å²) in [4.78, 5) is 0. The van der Waals surface area contributed by atoms with Gasteiger partial charge in [-0.3, -0.25) is 0 Å². The second-order valence-corrected chi connectivity index (χ2v) is 2.74. The summed E-state index contributed by atoms with van der Waals surface area (Å²) in [5, 5.41) is 4.50. The van der Waals surface area contributed by atoms with E-state index in [4.69, 9.17) is 0 Å². The Kier molecular flexibility index (Phi) is 5.60. The fourth-order valence-electron chi connectivity index (χ4n) is 1.11. The summed E-state index contributed by atoms with van der Waals surface area (Å²) in [6, 6.07) is 0. The number of unbranched alkanes of at least 4 members (excludes halogenated alkanes) is 1. The molecule has 0 unspecified atom stereocenters. The molecule has 0 aliphatic carbocycles. The van der Waals surface area contributed by atoms with E-state index in [0.29, 0.717) is 0 Å². The van der Waals surface area contributed by atoms with Crippen LogP contribution in [0, 0.1) is 0 Å². The summed E-state index contributed by atoms with van der Waals surface area (Å²) in [5.41, 5.74) is 0. The topological polar surface area (TPSA) is 6.48 Å². The summed E-state index contributed by atoms with van der Waals surface area (Å²) in [7, 11) is 2.12. The van der Waals surface area contributed by atoms with Crippen LogP contribution in [-0.4, -0.2) is 30.2 Å². The van der Waals surface area contributed by atoms with E-state index in [-0.39, 0.29) is 17.0 Å². The van der Waals surface area contributed by atoms with Crippen molar-refractivity contribution in [1.82, 2.24) is 10.0 Å². The lowest BCUT2D eigenvalue weighted by molar-refractivity contribution is 0.0826. The third kappa shape index (κ3) is 3.25. The van der Waals surface area contributed by atoms with E-state index in [0.717, 1.165) is 6.54 Å². The number of halogens is 1. The fourth-order valence-corrected chi connectivity index (χ4v) is 1.11. The van der Waals surface area contributed by atoms with Crippen molar-refractivity contribution >= 4 is 17.0 Å². The minimum absolute atomic E-state index is 0. The van der Waals surface area contributed by atoms with Gasteiger partial charge in [0.15, 0.2) is 0 Å². The Morgan fingerprint density at radius 2 is 2.18 bits per heavy atom. The SMILES string of the molecule is Br.CCCCN1C=CCN1C. The highest BCUT2D eigenvalue weighted by Crippen LogP contribution is 2.05. The van der Waals surface area contributed by atoms with E-state index >= 15 is 0 Å². The van der Waals surface area contributed by atoms with Crippen LogP contribution in [0.5, 0.6) is 0 Å². The summed E-state index contributed by atoms with van der Waals surface area (Å²) >= 11 is 0. The largest absolute Gasteiger partial charge is 0.313 e. The minimum Gasteiger partial charge on any atom is -0.313 e. The van der Waals surface area contributed by atoms with Crippen LogP contribution in [0.3, 0.4) is 0 Å². The van der Waals surface area contributed by atoms with Crippen molar-refractivity contribution in [3.63, 3.8) is 0 Å². The third-order valence-corrected chi connectivity index (χ3v) is 1.83. The van der Waals surface area contributed by atoms with Crippen LogP contribution in [-0.2, 0) is 0 Å². The van der Waals surface area contributed by atoms with Crippen LogP contribution in [0.25, 0.3) is 0 Å². The molecule has 0 saturated heterocycles. The molecule has 0 aromatic carbocycles. The van der Waals surface area contributed by atoms with E-state index < -0.39 is 0 Å². The fraction of sp³-hybridized carbons (Fsp3) is 0.750. The molecule has 0 N–H and O–H groups in total. The molecule has 0 radical (unpaired) electrons. The lowest BCUT2D eigenvalue weighted by atomic mass is 10.3. The molecule has 0 aromatic heterocycles. The first-order valence-corrected chi connectivity index (χ1v) is 3.99. The number of rotatable bonds is 3. The molecule has 0 fully saturated rings. The maximum atomic E-state index is 2.27. The molecule has 3 heteroatoms. The van der Waals surface area contributed by atoms with Crippen molar-refractivity contribution in [2.45, 2.75) is 19.8 Å². The molecule has 2 nitrogen and oxygen atoms in total. The normalized spacial score (nSPS) is 17.1. The third-order valence-electron chi connectivity index (χ3n) is 1.83. The Hall–Kier alpha value is -0.0200. The first kappa shape index (κ1) is 11.0. The van der Waals surface area contributed by atoms with E-state index in [9.17, 15) is 0 Å². The monoisotopic (exact) mass is 220 g/mol. The van der Waals surface area contributed by atoms with Crippen molar-refractivity contribution in [2.75, 3.05) is 20.1 Å². The van der Waals surface area contributed by atoms with Gasteiger partial charge in [0.25, 0.3) is 0 Å². The zero-order chi connectivity index (χ0) is 7.40. The van der Waals surface area contributed by atoms with Crippen LogP contribution in [0.15, 0.2) is 12.3 Å². The summed E-state index contributed by atoms with van der Waals surface area (Å²) in [6.07, 6.45) is 6.91. The van der Waals surface area contributed by atoms with Gasteiger partial charge in [0, 0.05) is 26.3 Å². The molecule has 0 atom stereocenters. The van der Waals surface area contributed by atoms with Gasteiger partial charge in [0.1, 0.15) is 0 Å². The molecule has 1 rings (SSSR count). The average molecular weight is 221 g/mol. The summed E-state index contributed by atoms with van der Waals surface area (Å²) < 4.78 is 0. The highest BCUT2D eigenvalue weighted by Gasteiger charge is 2.08. The Labute approximate surface area is 79.6 Å². The molecule has 0 aromatic rings. The summed E-state index contributed by atoms with van der Waals surface area (Å²) in [6.45, 7) is 4.47. The van der Waals surface area contributed by atoms with Gasteiger partial charge in [0.2, 0.25) is 0 Å². The van der Waals surface area contributed by atoms with Crippen LogP contribution < -0.4 is 0 Å².